The maximum atomic E-state index is 10.3. The van der Waals surface area contributed by atoms with Crippen molar-refractivity contribution in [2.24, 2.45) is 5.92 Å². The third kappa shape index (κ3) is 8.29. The molecule has 2 aliphatic heterocycles. The molecule has 0 radical (unpaired) electrons. The second kappa shape index (κ2) is 13.5. The third-order valence-electron chi connectivity index (χ3n) is 5.50. The van der Waals surface area contributed by atoms with Crippen molar-refractivity contribution in [2.45, 2.75) is 36.5 Å². The van der Waals surface area contributed by atoms with Crippen molar-refractivity contribution in [3.05, 3.63) is 51.5 Å². The van der Waals surface area contributed by atoms with E-state index in [4.69, 9.17) is 43.5 Å². The Kier molecular flexibility index (Phi) is 10.8. The van der Waals surface area contributed by atoms with E-state index in [0.29, 0.717) is 42.7 Å². The van der Waals surface area contributed by atoms with Crippen LogP contribution < -0.4 is 5.73 Å². The minimum absolute atomic E-state index is 0.154. The quantitative estimate of drug-likeness (QED) is 0.251. The molecule has 0 unspecified atom stereocenters. The molecule has 2 saturated heterocycles. The lowest BCUT2D eigenvalue weighted by molar-refractivity contribution is -0.144. The highest BCUT2D eigenvalue weighted by Gasteiger charge is 2.20. The number of nitrogen functional groups attached to an aromatic ring is 1. The van der Waals surface area contributed by atoms with Crippen LogP contribution in [0.1, 0.15) is 36.6 Å². The topological polar surface area (TPSA) is 94.7 Å². The van der Waals surface area contributed by atoms with Crippen LogP contribution >= 0.6 is 47.2 Å². The number of carbonyl (C=O) groups is 1. The van der Waals surface area contributed by atoms with E-state index in [0.717, 1.165) is 41.5 Å². The summed E-state index contributed by atoms with van der Waals surface area (Å²) in [6, 6.07) is 11.1. The van der Waals surface area contributed by atoms with Gasteiger partial charge in [-0.25, -0.2) is 4.98 Å². The van der Waals surface area contributed by atoms with E-state index >= 15 is 0 Å². The molecule has 0 saturated carbocycles. The molecule has 3 heterocycles. The van der Waals surface area contributed by atoms with Crippen molar-refractivity contribution < 1.29 is 19.4 Å². The largest absolute Gasteiger partial charge is 0.481 e. The number of fused-ring (bicyclic) bond motifs is 1. The second-order valence-electron chi connectivity index (χ2n) is 7.98. The van der Waals surface area contributed by atoms with Crippen LogP contribution in [0, 0.1) is 5.92 Å². The van der Waals surface area contributed by atoms with Gasteiger partial charge in [-0.15, -0.1) is 24.0 Å². The van der Waals surface area contributed by atoms with Crippen LogP contribution in [-0.4, -0.2) is 42.5 Å². The number of thiol groups is 1. The molecule has 5 rings (SSSR count). The van der Waals surface area contributed by atoms with Gasteiger partial charge >= 0.3 is 5.97 Å². The van der Waals surface area contributed by atoms with Crippen LogP contribution in [0.25, 0.3) is 10.2 Å². The first-order valence-corrected chi connectivity index (χ1v) is 13.0. The number of ether oxygens (including phenoxy) is 2. The summed E-state index contributed by atoms with van der Waals surface area (Å²) in [4.78, 5) is 15.7. The summed E-state index contributed by atoms with van der Waals surface area (Å²) in [5, 5.41) is 11.1. The zero-order valence-corrected chi connectivity index (χ0v) is 21.8. The number of halogens is 2. The van der Waals surface area contributed by atoms with Crippen molar-refractivity contribution in [3.8, 4) is 0 Å². The molecule has 0 aliphatic carbocycles. The highest BCUT2D eigenvalue weighted by Crippen LogP contribution is 2.34. The minimum atomic E-state index is -0.682. The van der Waals surface area contributed by atoms with Gasteiger partial charge in [0, 0.05) is 53.0 Å². The predicted octanol–water partition coefficient (Wildman–Crippen LogP) is 6.55. The van der Waals surface area contributed by atoms with Crippen LogP contribution in [-0.2, 0) is 14.3 Å². The second-order valence-corrected chi connectivity index (χ2v) is 10.4. The number of anilines is 1. The number of aliphatic carboxylic acids is 1. The molecule has 184 valence electrons. The molecule has 0 amide bonds. The first-order chi connectivity index (χ1) is 16.3. The van der Waals surface area contributed by atoms with Gasteiger partial charge in [0.25, 0.3) is 0 Å². The fourth-order valence-corrected chi connectivity index (χ4v) is 5.11. The minimum Gasteiger partial charge on any atom is -0.481 e. The molecule has 1 aromatic heterocycles. The van der Waals surface area contributed by atoms with Crippen molar-refractivity contribution in [1.82, 2.24) is 4.98 Å². The first kappa shape index (κ1) is 27.0. The highest BCUT2D eigenvalue weighted by molar-refractivity contribution is 7.80. The number of nitrogens with zero attached hydrogens (tertiary/aromatic N) is 1. The van der Waals surface area contributed by atoms with E-state index in [1.165, 1.54) is 9.71 Å². The molecule has 3 N–H and O–H groups in total. The van der Waals surface area contributed by atoms with E-state index in [-0.39, 0.29) is 5.92 Å². The number of nitrogens with two attached hydrogens (primary N) is 1. The Labute approximate surface area is 218 Å². The third-order valence-corrected chi connectivity index (χ3v) is 7.57. The van der Waals surface area contributed by atoms with Crippen molar-refractivity contribution in [3.63, 3.8) is 0 Å². The lowest BCUT2D eigenvalue weighted by Gasteiger charge is -2.19. The number of rotatable bonds is 2. The average Bonchev–Trinajstić information content (AvgIpc) is 3.27. The van der Waals surface area contributed by atoms with Gasteiger partial charge in [-0.3, -0.25) is 4.79 Å². The van der Waals surface area contributed by atoms with Gasteiger partial charge in [-0.1, -0.05) is 23.2 Å². The van der Waals surface area contributed by atoms with Crippen LogP contribution in [0.5, 0.6) is 0 Å². The molecule has 2 aliphatic rings. The normalized spacial score (nSPS) is 16.8. The number of aromatic nitrogens is 1. The number of carboxylic acids is 1. The number of carboxylic acid groups (broad SMARTS) is 1. The monoisotopic (exact) mass is 542 g/mol. The summed E-state index contributed by atoms with van der Waals surface area (Å²) < 4.78 is 11.6. The molecule has 6 nitrogen and oxygen atoms in total. The maximum Gasteiger partial charge on any atom is 0.306 e. The Hall–Kier alpha value is -1.55. The molecule has 10 heteroatoms. The van der Waals surface area contributed by atoms with Gasteiger partial charge in [-0.2, -0.15) is 0 Å². The van der Waals surface area contributed by atoms with Gasteiger partial charge in [0.15, 0.2) is 0 Å². The Morgan fingerprint density at radius 2 is 1.59 bits per heavy atom. The molecule has 0 spiro atoms. The lowest BCUT2D eigenvalue weighted by atomic mass is 10.0. The SMILES string of the molecule is Clc1ccc2sc(C3CCOCC3)nc2c1.Nc1cc(Cl)ccc1S.O=C(O)C1CCOCC1. The van der Waals surface area contributed by atoms with Gasteiger partial charge < -0.3 is 20.3 Å². The Bertz CT molecular complexity index is 1080. The van der Waals surface area contributed by atoms with Gasteiger partial charge in [0.05, 0.1) is 21.1 Å². The Morgan fingerprint density at radius 1 is 1.00 bits per heavy atom. The van der Waals surface area contributed by atoms with Gasteiger partial charge in [-0.05, 0) is 62.1 Å². The van der Waals surface area contributed by atoms with E-state index in [1.54, 1.807) is 29.5 Å². The molecule has 34 heavy (non-hydrogen) atoms. The first-order valence-electron chi connectivity index (χ1n) is 11.0. The van der Waals surface area contributed by atoms with E-state index in [2.05, 4.69) is 23.7 Å². The summed E-state index contributed by atoms with van der Waals surface area (Å²) in [6.07, 6.45) is 3.53. The van der Waals surface area contributed by atoms with Gasteiger partial charge in [0.2, 0.25) is 0 Å². The lowest BCUT2D eigenvalue weighted by Crippen LogP contribution is -2.22. The molecule has 0 bridgehead atoms. The van der Waals surface area contributed by atoms with Crippen LogP contribution in [0.4, 0.5) is 5.69 Å². The zero-order valence-electron chi connectivity index (χ0n) is 18.6. The van der Waals surface area contributed by atoms with Crippen LogP contribution in [0.2, 0.25) is 10.0 Å². The van der Waals surface area contributed by atoms with Crippen molar-refractivity contribution in [1.29, 1.82) is 0 Å². The molecular weight excluding hydrogens is 515 g/mol. The molecule has 2 fully saturated rings. The zero-order chi connectivity index (χ0) is 24.5. The summed E-state index contributed by atoms with van der Waals surface area (Å²) in [5.74, 6) is -0.262. The van der Waals surface area contributed by atoms with Gasteiger partial charge in [0.1, 0.15) is 0 Å². The fraction of sp³-hybridized carbons (Fsp3) is 0.417. The van der Waals surface area contributed by atoms with Crippen LogP contribution in [0.3, 0.4) is 0 Å². The van der Waals surface area contributed by atoms with E-state index in [9.17, 15) is 4.79 Å². The van der Waals surface area contributed by atoms with E-state index < -0.39 is 5.97 Å². The standard InChI is InChI=1S/C12H12ClNOS.C6H6ClNS.C6H10O3/c13-9-1-2-11-10(7-9)14-12(16-11)8-3-5-15-6-4-8;7-4-1-2-6(9)5(8)3-4;7-6(8)5-1-3-9-4-2-5/h1-2,7-8H,3-6H2;1-3,9H,8H2;5H,1-4H2,(H,7,8). The highest BCUT2D eigenvalue weighted by atomic mass is 35.5. The molecular formula is C24H28Cl2N2O4S2. The Balaban J connectivity index is 0.000000155. The number of benzene rings is 2. The summed E-state index contributed by atoms with van der Waals surface area (Å²) in [6.45, 7) is 2.94. The van der Waals surface area contributed by atoms with Crippen molar-refractivity contribution in [2.75, 3.05) is 32.2 Å². The molecule has 2 aromatic carbocycles. The fourth-order valence-electron chi connectivity index (χ4n) is 3.51. The molecule has 0 atom stereocenters. The smallest absolute Gasteiger partial charge is 0.306 e. The maximum absolute atomic E-state index is 10.3. The van der Waals surface area contributed by atoms with Crippen molar-refractivity contribution >= 4 is 69.0 Å². The predicted molar refractivity (Wildman–Crippen MR) is 142 cm³/mol. The number of thiazole rings is 1. The summed E-state index contributed by atoms with van der Waals surface area (Å²) >= 11 is 17.4. The average molecular weight is 544 g/mol. The Morgan fingerprint density at radius 3 is 2.15 bits per heavy atom. The number of hydrogen-bond acceptors (Lipinski definition) is 7. The summed E-state index contributed by atoms with van der Waals surface area (Å²) in [5.41, 5.74) is 7.10. The van der Waals surface area contributed by atoms with E-state index in [1.807, 2.05) is 12.1 Å². The van der Waals surface area contributed by atoms with Crippen LogP contribution in [0.15, 0.2) is 41.3 Å². The number of hydrogen-bond donors (Lipinski definition) is 3. The molecule has 3 aromatic rings. The summed E-state index contributed by atoms with van der Waals surface area (Å²) in [7, 11) is 0.